The second kappa shape index (κ2) is 13.5. The van der Waals surface area contributed by atoms with Crippen LogP contribution in [0.1, 0.15) is 97.8 Å². The minimum absolute atomic E-state index is 0.0956. The van der Waals surface area contributed by atoms with E-state index in [1.54, 1.807) is 0 Å². The van der Waals surface area contributed by atoms with Gasteiger partial charge in [-0.1, -0.05) is 85.0 Å². The zero-order chi connectivity index (χ0) is 15.2. The second-order valence-corrected chi connectivity index (χ2v) is 6.62. The SMILES string of the molecule is CCCCCCCC(CCCCCCC(C)C)C(=O)O. The predicted molar refractivity (Wildman–Crippen MR) is 87.0 cm³/mol. The number of aliphatic carboxylic acids is 1. The molecule has 0 aliphatic heterocycles. The number of rotatable bonds is 14. The highest BCUT2D eigenvalue weighted by atomic mass is 16.4. The number of hydrogen-bond acceptors (Lipinski definition) is 1. The lowest BCUT2D eigenvalue weighted by molar-refractivity contribution is -0.142. The van der Waals surface area contributed by atoms with Gasteiger partial charge < -0.3 is 5.11 Å². The highest BCUT2D eigenvalue weighted by molar-refractivity contribution is 5.69. The molecule has 0 radical (unpaired) electrons. The minimum atomic E-state index is -0.581. The van der Waals surface area contributed by atoms with Gasteiger partial charge in [-0.3, -0.25) is 4.79 Å². The van der Waals surface area contributed by atoms with Crippen LogP contribution in [0.4, 0.5) is 0 Å². The molecule has 1 unspecified atom stereocenters. The number of hydrogen-bond donors (Lipinski definition) is 1. The zero-order valence-electron chi connectivity index (χ0n) is 14.0. The number of carboxylic acids is 1. The molecule has 120 valence electrons. The van der Waals surface area contributed by atoms with Crippen LogP contribution in [-0.2, 0) is 4.79 Å². The molecule has 0 aromatic heterocycles. The molecule has 0 aliphatic carbocycles. The van der Waals surface area contributed by atoms with Crippen molar-refractivity contribution in [2.45, 2.75) is 97.8 Å². The molecule has 2 heteroatoms. The highest BCUT2D eigenvalue weighted by Gasteiger charge is 2.16. The van der Waals surface area contributed by atoms with E-state index in [1.807, 2.05) is 0 Å². The Morgan fingerprint density at radius 1 is 0.800 bits per heavy atom. The number of carbonyl (C=O) groups is 1. The Hall–Kier alpha value is -0.530. The Morgan fingerprint density at radius 2 is 1.25 bits per heavy atom. The van der Waals surface area contributed by atoms with Gasteiger partial charge in [0, 0.05) is 0 Å². The number of carboxylic acid groups (broad SMARTS) is 1. The van der Waals surface area contributed by atoms with Crippen molar-refractivity contribution in [3.8, 4) is 0 Å². The first-order valence-electron chi connectivity index (χ1n) is 8.80. The van der Waals surface area contributed by atoms with E-state index in [2.05, 4.69) is 20.8 Å². The molecule has 0 spiro atoms. The third-order valence-electron chi connectivity index (χ3n) is 4.09. The van der Waals surface area contributed by atoms with Gasteiger partial charge in [-0.2, -0.15) is 0 Å². The Labute approximate surface area is 126 Å². The van der Waals surface area contributed by atoms with Crippen molar-refractivity contribution in [1.29, 1.82) is 0 Å². The van der Waals surface area contributed by atoms with Crippen molar-refractivity contribution in [2.24, 2.45) is 11.8 Å². The van der Waals surface area contributed by atoms with Crippen LogP contribution >= 0.6 is 0 Å². The van der Waals surface area contributed by atoms with Gasteiger partial charge in [0.1, 0.15) is 0 Å². The first kappa shape index (κ1) is 19.5. The van der Waals surface area contributed by atoms with Crippen molar-refractivity contribution in [2.75, 3.05) is 0 Å². The average molecular weight is 284 g/mol. The predicted octanol–water partition coefficient (Wildman–Crippen LogP) is 6.04. The Kier molecular flexibility index (Phi) is 13.1. The van der Waals surface area contributed by atoms with Crippen LogP contribution in [0.15, 0.2) is 0 Å². The molecule has 0 saturated carbocycles. The number of unbranched alkanes of at least 4 members (excludes halogenated alkanes) is 7. The summed E-state index contributed by atoms with van der Waals surface area (Å²) in [5, 5.41) is 9.25. The maximum atomic E-state index is 11.2. The van der Waals surface area contributed by atoms with E-state index in [1.165, 1.54) is 51.4 Å². The standard InChI is InChI=1S/C18H36O2/c1-4-5-6-7-11-14-17(18(19)20)15-12-9-8-10-13-16(2)3/h16-17H,4-15H2,1-3H3,(H,19,20). The summed E-state index contributed by atoms with van der Waals surface area (Å²) in [5.41, 5.74) is 0. The molecule has 0 aromatic rings. The summed E-state index contributed by atoms with van der Waals surface area (Å²) in [4.78, 5) is 11.2. The third kappa shape index (κ3) is 12.5. The minimum Gasteiger partial charge on any atom is -0.481 e. The first-order valence-corrected chi connectivity index (χ1v) is 8.80. The Bertz CT molecular complexity index is 223. The monoisotopic (exact) mass is 284 g/mol. The molecule has 0 saturated heterocycles. The van der Waals surface area contributed by atoms with Gasteiger partial charge in [0.25, 0.3) is 0 Å². The van der Waals surface area contributed by atoms with Crippen molar-refractivity contribution in [3.63, 3.8) is 0 Å². The highest BCUT2D eigenvalue weighted by Crippen LogP contribution is 2.19. The summed E-state index contributed by atoms with van der Waals surface area (Å²) < 4.78 is 0. The molecular weight excluding hydrogens is 248 g/mol. The Morgan fingerprint density at radius 3 is 1.65 bits per heavy atom. The molecule has 2 nitrogen and oxygen atoms in total. The fraction of sp³-hybridized carbons (Fsp3) is 0.944. The fourth-order valence-corrected chi connectivity index (χ4v) is 2.68. The summed E-state index contributed by atoms with van der Waals surface area (Å²) >= 11 is 0. The maximum Gasteiger partial charge on any atom is 0.306 e. The Balaban J connectivity index is 3.57. The molecule has 1 atom stereocenters. The molecule has 0 heterocycles. The lowest BCUT2D eigenvalue weighted by Crippen LogP contribution is -2.13. The van der Waals surface area contributed by atoms with Gasteiger partial charge >= 0.3 is 5.97 Å². The lowest BCUT2D eigenvalue weighted by Gasteiger charge is -2.12. The van der Waals surface area contributed by atoms with E-state index in [0.717, 1.165) is 31.6 Å². The molecule has 0 bridgehead atoms. The molecule has 20 heavy (non-hydrogen) atoms. The van der Waals surface area contributed by atoms with Crippen LogP contribution in [0, 0.1) is 11.8 Å². The van der Waals surface area contributed by atoms with Crippen LogP contribution in [0.5, 0.6) is 0 Å². The van der Waals surface area contributed by atoms with E-state index in [9.17, 15) is 9.90 Å². The summed E-state index contributed by atoms with van der Waals surface area (Å²) in [6, 6.07) is 0. The topological polar surface area (TPSA) is 37.3 Å². The average Bonchev–Trinajstić information content (AvgIpc) is 2.39. The summed E-state index contributed by atoms with van der Waals surface area (Å²) in [5.74, 6) is 0.120. The molecule has 0 rings (SSSR count). The van der Waals surface area contributed by atoms with E-state index >= 15 is 0 Å². The van der Waals surface area contributed by atoms with E-state index in [-0.39, 0.29) is 5.92 Å². The first-order chi connectivity index (χ1) is 9.57. The van der Waals surface area contributed by atoms with E-state index in [4.69, 9.17) is 0 Å². The van der Waals surface area contributed by atoms with Crippen LogP contribution in [0.3, 0.4) is 0 Å². The van der Waals surface area contributed by atoms with Crippen LogP contribution < -0.4 is 0 Å². The maximum absolute atomic E-state index is 11.2. The van der Waals surface area contributed by atoms with E-state index in [0.29, 0.717) is 0 Å². The van der Waals surface area contributed by atoms with Crippen molar-refractivity contribution < 1.29 is 9.90 Å². The third-order valence-corrected chi connectivity index (χ3v) is 4.09. The van der Waals surface area contributed by atoms with Gasteiger partial charge in [0.15, 0.2) is 0 Å². The molecular formula is C18H36O2. The normalized spacial score (nSPS) is 12.8. The zero-order valence-corrected chi connectivity index (χ0v) is 14.0. The molecule has 0 amide bonds. The summed E-state index contributed by atoms with van der Waals surface area (Å²) in [7, 11) is 0. The van der Waals surface area contributed by atoms with Crippen LogP contribution in [0.25, 0.3) is 0 Å². The van der Waals surface area contributed by atoms with Crippen LogP contribution in [-0.4, -0.2) is 11.1 Å². The van der Waals surface area contributed by atoms with Crippen LogP contribution in [0.2, 0.25) is 0 Å². The molecule has 0 fully saturated rings. The second-order valence-electron chi connectivity index (χ2n) is 6.62. The van der Waals surface area contributed by atoms with Crippen molar-refractivity contribution in [3.05, 3.63) is 0 Å². The van der Waals surface area contributed by atoms with Crippen molar-refractivity contribution >= 4 is 5.97 Å². The summed E-state index contributed by atoms with van der Waals surface area (Å²) in [6.45, 7) is 6.73. The summed E-state index contributed by atoms with van der Waals surface area (Å²) in [6.07, 6.45) is 14.0. The smallest absolute Gasteiger partial charge is 0.306 e. The van der Waals surface area contributed by atoms with Gasteiger partial charge in [-0.15, -0.1) is 0 Å². The van der Waals surface area contributed by atoms with Gasteiger partial charge in [0.2, 0.25) is 0 Å². The largest absolute Gasteiger partial charge is 0.481 e. The molecule has 0 aromatic carbocycles. The van der Waals surface area contributed by atoms with Gasteiger partial charge in [-0.25, -0.2) is 0 Å². The molecule has 1 N–H and O–H groups in total. The lowest BCUT2D eigenvalue weighted by atomic mass is 9.94. The van der Waals surface area contributed by atoms with Crippen molar-refractivity contribution in [1.82, 2.24) is 0 Å². The molecule has 0 aliphatic rings. The van der Waals surface area contributed by atoms with Gasteiger partial charge in [-0.05, 0) is 18.8 Å². The quantitative estimate of drug-likeness (QED) is 0.394. The van der Waals surface area contributed by atoms with E-state index < -0.39 is 5.97 Å². The fourth-order valence-electron chi connectivity index (χ4n) is 2.68. The van der Waals surface area contributed by atoms with Gasteiger partial charge in [0.05, 0.1) is 5.92 Å².